The lowest BCUT2D eigenvalue weighted by molar-refractivity contribution is 0.0315. The highest BCUT2D eigenvalue weighted by molar-refractivity contribution is 5.97. The number of carboxylic acids is 1. The number of nitrogens with zero attached hydrogens (tertiary/aromatic N) is 2. The minimum atomic E-state index is -1.03. The fourth-order valence-corrected chi connectivity index (χ4v) is 3.57. The van der Waals surface area contributed by atoms with Gasteiger partial charge in [0.1, 0.15) is 0 Å². The minimum absolute atomic E-state index is 0.125. The van der Waals surface area contributed by atoms with Gasteiger partial charge in [0.25, 0.3) is 5.91 Å². The predicted molar refractivity (Wildman–Crippen MR) is 84.5 cm³/mol. The van der Waals surface area contributed by atoms with Crippen molar-refractivity contribution in [3.63, 3.8) is 0 Å². The van der Waals surface area contributed by atoms with E-state index >= 15 is 0 Å². The number of carbonyl (C=O) groups excluding carboxylic acids is 1. The van der Waals surface area contributed by atoms with Crippen LogP contribution >= 0.6 is 0 Å². The average Bonchev–Trinajstić information content (AvgIpc) is 3.00. The van der Waals surface area contributed by atoms with Crippen LogP contribution in [0.4, 0.5) is 0 Å². The van der Waals surface area contributed by atoms with Crippen LogP contribution in [0.2, 0.25) is 0 Å². The molecule has 0 bridgehead atoms. The Morgan fingerprint density at radius 3 is 2.35 bits per heavy atom. The Bertz CT molecular complexity index is 596. The summed E-state index contributed by atoms with van der Waals surface area (Å²) in [4.78, 5) is 27.6. The van der Waals surface area contributed by atoms with E-state index in [1.165, 1.54) is 12.1 Å². The molecular formula is C17H22N2O4. The Morgan fingerprint density at radius 2 is 1.74 bits per heavy atom. The lowest BCUT2D eigenvalue weighted by Crippen LogP contribution is -2.53. The third kappa shape index (κ3) is 3.38. The number of aromatic carboxylic acids is 1. The van der Waals surface area contributed by atoms with Crippen LogP contribution in [0.15, 0.2) is 24.3 Å². The summed E-state index contributed by atoms with van der Waals surface area (Å²) in [5.74, 6) is -1.15. The van der Waals surface area contributed by atoms with Crippen LogP contribution in [0.3, 0.4) is 0 Å². The average molecular weight is 318 g/mol. The molecule has 1 aromatic carbocycles. The van der Waals surface area contributed by atoms with Crippen molar-refractivity contribution < 1.29 is 19.8 Å². The van der Waals surface area contributed by atoms with Crippen molar-refractivity contribution in [1.82, 2.24) is 9.80 Å². The van der Waals surface area contributed by atoms with Gasteiger partial charge in [-0.2, -0.15) is 0 Å². The van der Waals surface area contributed by atoms with E-state index in [9.17, 15) is 14.7 Å². The second-order valence-corrected chi connectivity index (χ2v) is 6.28. The third-order valence-corrected chi connectivity index (χ3v) is 4.87. The maximum Gasteiger partial charge on any atom is 0.335 e. The summed E-state index contributed by atoms with van der Waals surface area (Å²) < 4.78 is 0. The van der Waals surface area contributed by atoms with E-state index < -0.39 is 5.97 Å². The molecule has 1 aromatic rings. The molecule has 1 aliphatic heterocycles. The van der Waals surface area contributed by atoms with Crippen molar-refractivity contribution in [2.75, 3.05) is 26.2 Å². The largest absolute Gasteiger partial charge is 0.478 e. The normalized spacial score (nSPS) is 25.5. The molecular weight excluding hydrogens is 296 g/mol. The molecule has 3 rings (SSSR count). The van der Waals surface area contributed by atoms with Gasteiger partial charge in [-0.25, -0.2) is 4.79 Å². The second kappa shape index (κ2) is 6.68. The zero-order valence-corrected chi connectivity index (χ0v) is 13.0. The Balaban J connectivity index is 1.62. The number of aliphatic hydroxyl groups excluding tert-OH is 1. The van der Waals surface area contributed by atoms with Crippen molar-refractivity contribution in [2.24, 2.45) is 0 Å². The molecule has 23 heavy (non-hydrogen) atoms. The smallest absolute Gasteiger partial charge is 0.335 e. The summed E-state index contributed by atoms with van der Waals surface area (Å²) in [6.07, 6.45) is 2.71. The molecule has 1 aliphatic carbocycles. The molecule has 0 radical (unpaired) electrons. The van der Waals surface area contributed by atoms with Crippen LogP contribution in [0, 0.1) is 0 Å². The van der Waals surface area contributed by atoms with Crippen molar-refractivity contribution in [3.05, 3.63) is 35.4 Å². The van der Waals surface area contributed by atoms with Crippen LogP contribution in [0.5, 0.6) is 0 Å². The predicted octanol–water partition coefficient (Wildman–Crippen LogP) is 1.06. The first kappa shape index (κ1) is 16.0. The number of rotatable bonds is 3. The first-order valence-corrected chi connectivity index (χ1v) is 8.11. The molecule has 1 heterocycles. The number of hydrogen-bond acceptors (Lipinski definition) is 4. The molecule has 2 atom stereocenters. The van der Waals surface area contributed by atoms with Gasteiger partial charge < -0.3 is 15.1 Å². The summed E-state index contributed by atoms with van der Waals surface area (Å²) in [7, 11) is 0. The second-order valence-electron chi connectivity index (χ2n) is 6.28. The molecule has 2 aliphatic rings. The van der Waals surface area contributed by atoms with Gasteiger partial charge in [0.15, 0.2) is 0 Å². The van der Waals surface area contributed by atoms with Gasteiger partial charge in [-0.15, -0.1) is 0 Å². The van der Waals surface area contributed by atoms with Crippen LogP contribution in [0.25, 0.3) is 0 Å². The molecule has 0 spiro atoms. The molecule has 2 unspecified atom stereocenters. The van der Waals surface area contributed by atoms with Crippen molar-refractivity contribution >= 4 is 11.9 Å². The number of carboxylic acid groups (broad SMARTS) is 1. The van der Waals surface area contributed by atoms with Crippen LogP contribution in [0.1, 0.15) is 40.0 Å². The molecule has 1 saturated heterocycles. The monoisotopic (exact) mass is 318 g/mol. The SMILES string of the molecule is O=C(O)c1cccc(C(=O)N2CCN(C3CCCC3O)CC2)c1. The zero-order chi connectivity index (χ0) is 16.4. The summed E-state index contributed by atoms with van der Waals surface area (Å²) in [5.41, 5.74) is 0.544. The molecule has 124 valence electrons. The summed E-state index contributed by atoms with van der Waals surface area (Å²) in [6.45, 7) is 2.73. The van der Waals surface area contributed by atoms with Crippen molar-refractivity contribution in [1.29, 1.82) is 0 Å². The van der Waals surface area contributed by atoms with Crippen LogP contribution < -0.4 is 0 Å². The minimum Gasteiger partial charge on any atom is -0.478 e. The number of carbonyl (C=O) groups is 2. The van der Waals surface area contributed by atoms with Crippen molar-refractivity contribution in [3.8, 4) is 0 Å². The Kier molecular flexibility index (Phi) is 4.63. The van der Waals surface area contributed by atoms with E-state index in [0.717, 1.165) is 32.4 Å². The summed E-state index contributed by atoms with van der Waals surface area (Å²) in [5, 5.41) is 19.0. The lowest BCUT2D eigenvalue weighted by Gasteiger charge is -2.39. The van der Waals surface area contributed by atoms with Gasteiger partial charge in [-0.05, 0) is 37.5 Å². The number of piperazine rings is 1. The van der Waals surface area contributed by atoms with Crippen molar-refractivity contribution in [2.45, 2.75) is 31.4 Å². The van der Waals surface area contributed by atoms with Crippen LogP contribution in [-0.2, 0) is 0 Å². The standard InChI is InChI=1S/C17H22N2O4/c20-15-6-2-5-14(15)18-7-9-19(10-8-18)16(21)12-3-1-4-13(11-12)17(22)23/h1,3-4,11,14-15,20H,2,5-10H2,(H,22,23). The first-order valence-electron chi connectivity index (χ1n) is 8.11. The maximum absolute atomic E-state index is 12.5. The molecule has 6 heteroatoms. The van der Waals surface area contributed by atoms with Gasteiger partial charge in [-0.3, -0.25) is 9.69 Å². The summed E-state index contributed by atoms with van der Waals surface area (Å²) in [6, 6.07) is 6.39. The molecule has 0 aromatic heterocycles. The molecule has 1 amide bonds. The number of benzene rings is 1. The molecule has 6 nitrogen and oxygen atoms in total. The van der Waals surface area contributed by atoms with E-state index in [1.54, 1.807) is 17.0 Å². The number of amides is 1. The Morgan fingerprint density at radius 1 is 1.04 bits per heavy atom. The van der Waals surface area contributed by atoms with Gasteiger partial charge in [0, 0.05) is 37.8 Å². The number of hydrogen-bond donors (Lipinski definition) is 2. The Labute approximate surface area is 135 Å². The van der Waals surface area contributed by atoms with Crippen LogP contribution in [-0.4, -0.2) is 70.2 Å². The highest BCUT2D eigenvalue weighted by atomic mass is 16.4. The third-order valence-electron chi connectivity index (χ3n) is 4.87. The maximum atomic E-state index is 12.5. The van der Waals surface area contributed by atoms with Gasteiger partial charge in [-0.1, -0.05) is 6.07 Å². The topological polar surface area (TPSA) is 81.1 Å². The highest BCUT2D eigenvalue weighted by Gasteiger charge is 2.33. The first-order chi connectivity index (χ1) is 11.1. The fourth-order valence-electron chi connectivity index (χ4n) is 3.57. The van der Waals surface area contributed by atoms with E-state index in [2.05, 4.69) is 4.90 Å². The highest BCUT2D eigenvalue weighted by Crippen LogP contribution is 2.25. The van der Waals surface area contributed by atoms with E-state index in [0.29, 0.717) is 18.7 Å². The lowest BCUT2D eigenvalue weighted by atomic mass is 10.1. The quantitative estimate of drug-likeness (QED) is 0.871. The van der Waals surface area contributed by atoms with Gasteiger partial charge >= 0.3 is 5.97 Å². The zero-order valence-electron chi connectivity index (χ0n) is 13.0. The van der Waals surface area contributed by atoms with Gasteiger partial charge in [0.2, 0.25) is 0 Å². The summed E-state index contributed by atoms with van der Waals surface area (Å²) >= 11 is 0. The van der Waals surface area contributed by atoms with E-state index in [1.807, 2.05) is 0 Å². The molecule has 2 fully saturated rings. The molecule has 2 N–H and O–H groups in total. The fraction of sp³-hybridized carbons (Fsp3) is 0.529. The van der Waals surface area contributed by atoms with E-state index in [-0.39, 0.29) is 23.6 Å². The molecule has 1 saturated carbocycles. The Hall–Kier alpha value is -1.92. The van der Waals surface area contributed by atoms with E-state index in [4.69, 9.17) is 5.11 Å². The number of aliphatic hydroxyl groups is 1. The van der Waals surface area contributed by atoms with Gasteiger partial charge in [0.05, 0.1) is 11.7 Å².